The number of hydrogen-bond acceptors (Lipinski definition) is 4. The number of nitrogens with zero attached hydrogens (tertiary/aromatic N) is 1. The highest BCUT2D eigenvalue weighted by Gasteiger charge is 2.11. The van der Waals surface area contributed by atoms with Gasteiger partial charge in [0.2, 0.25) is 0 Å². The zero-order chi connectivity index (χ0) is 21.2. The molecule has 3 aromatic carbocycles. The maximum absolute atomic E-state index is 12.4. The molecule has 0 bridgehead atoms. The molecule has 0 atom stereocenters. The Morgan fingerprint density at radius 3 is 2.27 bits per heavy atom. The predicted molar refractivity (Wildman–Crippen MR) is 116 cm³/mol. The van der Waals surface area contributed by atoms with E-state index in [1.54, 1.807) is 25.3 Å². The van der Waals surface area contributed by atoms with Crippen LogP contribution in [0.2, 0.25) is 0 Å². The van der Waals surface area contributed by atoms with E-state index in [-0.39, 0.29) is 5.57 Å². The van der Waals surface area contributed by atoms with E-state index < -0.39 is 5.91 Å². The molecule has 0 spiro atoms. The Kier molecular flexibility index (Phi) is 7.23. The third kappa shape index (κ3) is 5.73. The van der Waals surface area contributed by atoms with Crippen LogP contribution in [0.1, 0.15) is 16.7 Å². The second-order valence-electron chi connectivity index (χ2n) is 6.52. The van der Waals surface area contributed by atoms with Gasteiger partial charge >= 0.3 is 0 Å². The van der Waals surface area contributed by atoms with Gasteiger partial charge < -0.3 is 14.8 Å². The van der Waals surface area contributed by atoms with Crippen LogP contribution in [0, 0.1) is 11.3 Å². The number of methoxy groups -OCH3 is 1. The molecule has 0 aliphatic carbocycles. The van der Waals surface area contributed by atoms with Crippen LogP contribution in [0.3, 0.4) is 0 Å². The molecular formula is C25H22N2O3. The van der Waals surface area contributed by atoms with Crippen molar-refractivity contribution in [2.24, 2.45) is 0 Å². The molecule has 3 rings (SSSR count). The van der Waals surface area contributed by atoms with Crippen molar-refractivity contribution in [1.82, 2.24) is 5.32 Å². The van der Waals surface area contributed by atoms with Crippen molar-refractivity contribution in [3.63, 3.8) is 0 Å². The van der Waals surface area contributed by atoms with Gasteiger partial charge in [-0.3, -0.25) is 4.79 Å². The Balaban J connectivity index is 1.73. The number of benzene rings is 3. The molecule has 30 heavy (non-hydrogen) atoms. The molecular weight excluding hydrogens is 376 g/mol. The standard InChI is InChI=1S/C25H22N2O3/c1-29-23-13-12-21(15-24(23)30-18-20-10-6-3-7-11-20)14-22(16-26)25(28)27-17-19-8-4-2-5-9-19/h2-15H,17-18H2,1H3,(H,27,28). The van der Waals surface area contributed by atoms with Gasteiger partial charge in [-0.1, -0.05) is 66.7 Å². The van der Waals surface area contributed by atoms with Crippen LogP contribution in [-0.4, -0.2) is 13.0 Å². The van der Waals surface area contributed by atoms with E-state index in [4.69, 9.17) is 9.47 Å². The van der Waals surface area contributed by atoms with E-state index in [2.05, 4.69) is 5.32 Å². The van der Waals surface area contributed by atoms with Crippen LogP contribution < -0.4 is 14.8 Å². The van der Waals surface area contributed by atoms with E-state index in [1.807, 2.05) is 66.7 Å². The van der Waals surface area contributed by atoms with Crippen molar-refractivity contribution >= 4 is 12.0 Å². The summed E-state index contributed by atoms with van der Waals surface area (Å²) in [6.07, 6.45) is 1.54. The van der Waals surface area contributed by atoms with Crippen LogP contribution >= 0.6 is 0 Å². The molecule has 0 fully saturated rings. The number of rotatable bonds is 8. The molecule has 0 saturated carbocycles. The molecule has 1 amide bonds. The summed E-state index contributed by atoms with van der Waals surface area (Å²) in [5.74, 6) is 0.691. The van der Waals surface area contributed by atoms with Gasteiger partial charge in [0.25, 0.3) is 5.91 Å². The zero-order valence-electron chi connectivity index (χ0n) is 16.7. The minimum atomic E-state index is -0.427. The Labute approximate surface area is 176 Å². The second kappa shape index (κ2) is 10.5. The van der Waals surface area contributed by atoms with Crippen LogP contribution in [0.4, 0.5) is 0 Å². The van der Waals surface area contributed by atoms with Crippen LogP contribution in [0.5, 0.6) is 11.5 Å². The molecule has 0 saturated heterocycles. The first-order valence-corrected chi connectivity index (χ1v) is 9.48. The van der Waals surface area contributed by atoms with E-state index in [1.165, 1.54) is 6.08 Å². The topological polar surface area (TPSA) is 71.3 Å². The number of ether oxygens (including phenoxy) is 2. The summed E-state index contributed by atoms with van der Waals surface area (Å²) in [6.45, 7) is 0.736. The molecule has 5 nitrogen and oxygen atoms in total. The zero-order valence-corrected chi connectivity index (χ0v) is 16.7. The molecule has 0 aliphatic rings. The highest BCUT2D eigenvalue weighted by Crippen LogP contribution is 2.29. The minimum absolute atomic E-state index is 0.0186. The molecule has 0 heterocycles. The maximum Gasteiger partial charge on any atom is 0.262 e. The van der Waals surface area contributed by atoms with Crippen LogP contribution in [0.25, 0.3) is 6.08 Å². The predicted octanol–water partition coefficient (Wildman–Crippen LogP) is 4.50. The quantitative estimate of drug-likeness (QED) is 0.448. The van der Waals surface area contributed by atoms with Crippen LogP contribution in [0.15, 0.2) is 84.4 Å². The van der Waals surface area contributed by atoms with Gasteiger partial charge in [-0.05, 0) is 34.9 Å². The Morgan fingerprint density at radius 2 is 1.63 bits per heavy atom. The summed E-state index contributed by atoms with van der Waals surface area (Å²) in [4.78, 5) is 12.4. The molecule has 150 valence electrons. The van der Waals surface area contributed by atoms with Crippen LogP contribution in [-0.2, 0) is 17.9 Å². The molecule has 0 radical (unpaired) electrons. The largest absolute Gasteiger partial charge is 0.493 e. The van der Waals surface area contributed by atoms with Gasteiger partial charge in [-0.25, -0.2) is 0 Å². The lowest BCUT2D eigenvalue weighted by Gasteiger charge is -2.12. The maximum atomic E-state index is 12.4. The van der Waals surface area contributed by atoms with Crippen molar-refractivity contribution in [2.75, 3.05) is 7.11 Å². The van der Waals surface area contributed by atoms with Crippen molar-refractivity contribution in [3.05, 3.63) is 101 Å². The smallest absolute Gasteiger partial charge is 0.262 e. The first-order valence-electron chi connectivity index (χ1n) is 9.48. The molecule has 0 unspecified atom stereocenters. The summed E-state index contributed by atoms with van der Waals surface area (Å²) < 4.78 is 11.3. The average Bonchev–Trinajstić information content (AvgIpc) is 2.81. The molecule has 0 aliphatic heterocycles. The minimum Gasteiger partial charge on any atom is -0.493 e. The SMILES string of the molecule is COc1ccc(C=C(C#N)C(=O)NCc2ccccc2)cc1OCc1ccccc1. The fourth-order valence-corrected chi connectivity index (χ4v) is 2.82. The Morgan fingerprint density at radius 1 is 0.967 bits per heavy atom. The number of nitriles is 1. The lowest BCUT2D eigenvalue weighted by molar-refractivity contribution is -0.117. The molecule has 1 N–H and O–H groups in total. The summed E-state index contributed by atoms with van der Waals surface area (Å²) in [5.41, 5.74) is 2.68. The Hall–Kier alpha value is -4.04. The van der Waals surface area contributed by atoms with Gasteiger partial charge in [-0.15, -0.1) is 0 Å². The first kappa shape index (κ1) is 20.7. The van der Waals surface area contributed by atoms with Crippen molar-refractivity contribution in [2.45, 2.75) is 13.2 Å². The van der Waals surface area contributed by atoms with Crippen molar-refractivity contribution < 1.29 is 14.3 Å². The van der Waals surface area contributed by atoms with E-state index in [9.17, 15) is 10.1 Å². The average molecular weight is 398 g/mol. The van der Waals surface area contributed by atoms with Gasteiger partial charge in [0.15, 0.2) is 11.5 Å². The third-order valence-corrected chi connectivity index (χ3v) is 4.40. The van der Waals surface area contributed by atoms with E-state index >= 15 is 0 Å². The third-order valence-electron chi connectivity index (χ3n) is 4.40. The van der Waals surface area contributed by atoms with Gasteiger partial charge in [-0.2, -0.15) is 5.26 Å². The highest BCUT2D eigenvalue weighted by atomic mass is 16.5. The molecule has 3 aromatic rings. The van der Waals surface area contributed by atoms with Gasteiger partial charge in [0.05, 0.1) is 7.11 Å². The number of amides is 1. The van der Waals surface area contributed by atoms with Crippen molar-refractivity contribution in [3.8, 4) is 17.6 Å². The fraction of sp³-hybridized carbons (Fsp3) is 0.120. The normalized spacial score (nSPS) is 10.7. The molecule has 5 heteroatoms. The lowest BCUT2D eigenvalue weighted by Crippen LogP contribution is -2.23. The summed E-state index contributed by atoms with van der Waals surface area (Å²) in [5, 5.41) is 12.2. The Bertz CT molecular complexity index is 1050. The number of carbonyl (C=O) groups excluding carboxylic acids is 1. The summed E-state index contributed by atoms with van der Waals surface area (Å²) >= 11 is 0. The summed E-state index contributed by atoms with van der Waals surface area (Å²) in [6, 6.07) is 26.6. The number of nitrogens with one attached hydrogen (secondary N) is 1. The molecule has 0 aromatic heterocycles. The highest BCUT2D eigenvalue weighted by molar-refractivity contribution is 6.01. The fourth-order valence-electron chi connectivity index (χ4n) is 2.82. The van der Waals surface area contributed by atoms with E-state index in [0.717, 1.165) is 11.1 Å². The van der Waals surface area contributed by atoms with Gasteiger partial charge in [0, 0.05) is 6.54 Å². The van der Waals surface area contributed by atoms with Crippen molar-refractivity contribution in [1.29, 1.82) is 5.26 Å². The monoisotopic (exact) mass is 398 g/mol. The second-order valence-corrected chi connectivity index (χ2v) is 6.52. The number of hydrogen-bond donors (Lipinski definition) is 1. The van der Waals surface area contributed by atoms with E-state index in [0.29, 0.717) is 30.2 Å². The van der Waals surface area contributed by atoms with Gasteiger partial charge in [0.1, 0.15) is 18.2 Å². The first-order chi connectivity index (χ1) is 14.7. The lowest BCUT2D eigenvalue weighted by atomic mass is 10.1. The summed E-state index contributed by atoms with van der Waals surface area (Å²) in [7, 11) is 1.57. The number of carbonyl (C=O) groups is 1.